The number of rotatable bonds is 9. The van der Waals surface area contributed by atoms with Gasteiger partial charge in [0.25, 0.3) is 5.91 Å². The second-order valence-electron chi connectivity index (χ2n) is 8.03. The Morgan fingerprint density at radius 2 is 1.91 bits per heavy atom. The molecule has 2 aromatic heterocycles. The van der Waals surface area contributed by atoms with Gasteiger partial charge in [-0.15, -0.1) is 0 Å². The highest BCUT2D eigenvalue weighted by atomic mass is 32.2. The Morgan fingerprint density at radius 3 is 2.64 bits per heavy atom. The summed E-state index contributed by atoms with van der Waals surface area (Å²) < 4.78 is 29.3. The number of hydrogen-bond donors (Lipinski definition) is 2. The summed E-state index contributed by atoms with van der Waals surface area (Å²) in [7, 11) is -3.59. The summed E-state index contributed by atoms with van der Waals surface area (Å²) in [6.45, 7) is 9.29. The number of sulfonamides is 1. The molecule has 1 fully saturated rings. The van der Waals surface area contributed by atoms with Gasteiger partial charge < -0.3 is 19.8 Å². The monoisotopic (exact) mass is 489 g/mol. The molecule has 1 saturated heterocycles. The number of likely N-dealkylation sites (N-methyl/N-ethyl adjacent to an activating group) is 1. The molecule has 0 unspecified atom stereocenters. The Morgan fingerprint density at radius 1 is 1.15 bits per heavy atom. The molecule has 0 radical (unpaired) electrons. The van der Waals surface area contributed by atoms with Crippen LogP contribution in [-0.4, -0.2) is 77.3 Å². The maximum atomic E-state index is 12.8. The number of aromatic amines is 1. The number of carbonyl (C=O) groups is 1. The van der Waals surface area contributed by atoms with Crippen molar-refractivity contribution in [1.29, 1.82) is 0 Å². The van der Waals surface area contributed by atoms with Crippen molar-refractivity contribution in [2.45, 2.75) is 25.3 Å². The molecule has 2 N–H and O–H groups in total. The predicted octanol–water partition coefficient (Wildman–Crippen LogP) is 3.30. The third kappa shape index (κ3) is 5.29. The lowest BCUT2D eigenvalue weighted by molar-refractivity contribution is 0.102. The fourth-order valence-electron chi connectivity index (χ4n) is 4.05. The highest BCUT2D eigenvalue weighted by Crippen LogP contribution is 2.23. The number of amides is 1. The maximum absolute atomic E-state index is 12.8. The van der Waals surface area contributed by atoms with Crippen molar-refractivity contribution in [2.24, 2.45) is 0 Å². The van der Waals surface area contributed by atoms with Crippen LogP contribution in [-0.2, 0) is 16.6 Å². The first-order valence-electron chi connectivity index (χ1n) is 11.3. The summed E-state index contributed by atoms with van der Waals surface area (Å²) in [5, 5.41) is 3.92. The standard InChI is InChI=1S/C23H31N5O3S2/c1-3-26(4-2)9-10-27-8-7-18-15-19(5-6-22(18)27)25-23(29)21-16-20(17-24-21)33(30,31)28-11-13-32-14-12-28/h5-8,15-17,24H,3-4,9-14H2,1-2H3,(H,25,29). The van der Waals surface area contributed by atoms with E-state index in [0.29, 0.717) is 18.8 Å². The molecular weight excluding hydrogens is 458 g/mol. The van der Waals surface area contributed by atoms with Gasteiger partial charge in [0.05, 0.1) is 0 Å². The average molecular weight is 490 g/mol. The van der Waals surface area contributed by atoms with Crippen molar-refractivity contribution in [1.82, 2.24) is 18.8 Å². The first-order chi connectivity index (χ1) is 15.9. The zero-order chi connectivity index (χ0) is 23.4. The molecule has 33 heavy (non-hydrogen) atoms. The molecule has 1 aliphatic rings. The van der Waals surface area contributed by atoms with Gasteiger partial charge in [-0.1, -0.05) is 13.8 Å². The first-order valence-corrected chi connectivity index (χ1v) is 13.9. The number of aromatic nitrogens is 2. The van der Waals surface area contributed by atoms with Gasteiger partial charge in [0.1, 0.15) is 10.6 Å². The van der Waals surface area contributed by atoms with E-state index in [1.165, 1.54) is 16.6 Å². The number of benzene rings is 1. The molecule has 3 aromatic rings. The minimum Gasteiger partial charge on any atom is -0.356 e. The molecular formula is C23H31N5O3S2. The zero-order valence-corrected chi connectivity index (χ0v) is 20.7. The van der Waals surface area contributed by atoms with Crippen LogP contribution in [0.4, 0.5) is 5.69 Å². The van der Waals surface area contributed by atoms with Gasteiger partial charge in [-0.2, -0.15) is 16.1 Å². The van der Waals surface area contributed by atoms with E-state index in [9.17, 15) is 13.2 Å². The van der Waals surface area contributed by atoms with Gasteiger partial charge in [-0.3, -0.25) is 4.79 Å². The number of anilines is 1. The van der Waals surface area contributed by atoms with Gasteiger partial charge in [0.15, 0.2) is 0 Å². The van der Waals surface area contributed by atoms with Crippen LogP contribution in [0.5, 0.6) is 0 Å². The molecule has 3 heterocycles. The largest absolute Gasteiger partial charge is 0.356 e. The molecule has 4 rings (SSSR count). The molecule has 8 nitrogen and oxygen atoms in total. The Hall–Kier alpha value is -2.27. The van der Waals surface area contributed by atoms with E-state index in [2.05, 4.69) is 39.8 Å². The quantitative estimate of drug-likeness (QED) is 0.481. The van der Waals surface area contributed by atoms with Crippen LogP contribution < -0.4 is 5.32 Å². The number of nitrogens with zero attached hydrogens (tertiary/aromatic N) is 3. The lowest BCUT2D eigenvalue weighted by atomic mass is 10.2. The fraction of sp³-hybridized carbons (Fsp3) is 0.435. The Labute approximate surface area is 199 Å². The van der Waals surface area contributed by atoms with Crippen molar-refractivity contribution < 1.29 is 13.2 Å². The highest BCUT2D eigenvalue weighted by Gasteiger charge is 2.27. The Kier molecular flexibility index (Phi) is 7.48. The molecule has 10 heteroatoms. The smallest absolute Gasteiger partial charge is 0.272 e. The van der Waals surface area contributed by atoms with Crippen molar-refractivity contribution in [2.75, 3.05) is 49.5 Å². The summed E-state index contributed by atoms with van der Waals surface area (Å²) >= 11 is 1.75. The Balaban J connectivity index is 1.44. The van der Waals surface area contributed by atoms with E-state index in [4.69, 9.17) is 0 Å². The van der Waals surface area contributed by atoms with Crippen molar-refractivity contribution in [3.63, 3.8) is 0 Å². The van der Waals surface area contributed by atoms with Crippen molar-refractivity contribution in [3.05, 3.63) is 48.4 Å². The van der Waals surface area contributed by atoms with Gasteiger partial charge >= 0.3 is 0 Å². The van der Waals surface area contributed by atoms with Crippen LogP contribution in [0.1, 0.15) is 24.3 Å². The Bertz CT molecular complexity index is 1210. The number of H-pyrrole nitrogens is 1. The predicted molar refractivity (Wildman–Crippen MR) is 135 cm³/mol. The van der Waals surface area contributed by atoms with Gasteiger partial charge in [0, 0.05) is 66.7 Å². The third-order valence-corrected chi connectivity index (χ3v) is 8.91. The molecule has 0 bridgehead atoms. The number of hydrogen-bond acceptors (Lipinski definition) is 5. The number of fused-ring (bicyclic) bond motifs is 1. The average Bonchev–Trinajstić information content (AvgIpc) is 3.48. The summed E-state index contributed by atoms with van der Waals surface area (Å²) in [4.78, 5) is 18.1. The topological polar surface area (TPSA) is 90.4 Å². The number of nitrogens with one attached hydrogen (secondary N) is 2. The van der Waals surface area contributed by atoms with Gasteiger partial charge in [-0.05, 0) is 43.4 Å². The second-order valence-corrected chi connectivity index (χ2v) is 11.2. The minimum atomic E-state index is -3.59. The van der Waals surface area contributed by atoms with E-state index >= 15 is 0 Å². The van der Waals surface area contributed by atoms with Gasteiger partial charge in [0.2, 0.25) is 10.0 Å². The molecule has 0 atom stereocenters. The van der Waals surface area contributed by atoms with Crippen LogP contribution in [0.15, 0.2) is 47.6 Å². The van der Waals surface area contributed by atoms with Gasteiger partial charge in [-0.25, -0.2) is 8.42 Å². The van der Waals surface area contributed by atoms with Crippen LogP contribution in [0.2, 0.25) is 0 Å². The van der Waals surface area contributed by atoms with E-state index in [-0.39, 0.29) is 16.5 Å². The van der Waals surface area contributed by atoms with Crippen LogP contribution in [0.3, 0.4) is 0 Å². The van der Waals surface area contributed by atoms with Crippen LogP contribution in [0.25, 0.3) is 10.9 Å². The maximum Gasteiger partial charge on any atom is 0.272 e. The third-order valence-electron chi connectivity index (χ3n) is 6.09. The summed E-state index contributed by atoms with van der Waals surface area (Å²) in [6.07, 6.45) is 3.46. The highest BCUT2D eigenvalue weighted by molar-refractivity contribution is 7.99. The van der Waals surface area contributed by atoms with Crippen molar-refractivity contribution in [3.8, 4) is 0 Å². The molecule has 178 valence electrons. The first kappa shape index (κ1) is 23.9. The summed E-state index contributed by atoms with van der Waals surface area (Å²) in [5.74, 6) is 1.21. The molecule has 0 aliphatic carbocycles. The lowest BCUT2D eigenvalue weighted by Gasteiger charge is -2.24. The summed E-state index contributed by atoms with van der Waals surface area (Å²) in [5.41, 5.74) is 2.01. The second kappa shape index (κ2) is 10.3. The molecule has 1 aromatic carbocycles. The van der Waals surface area contributed by atoms with Crippen molar-refractivity contribution >= 4 is 44.3 Å². The van der Waals surface area contributed by atoms with Crippen LogP contribution in [0, 0.1) is 0 Å². The fourth-order valence-corrected chi connectivity index (χ4v) is 6.62. The van der Waals surface area contributed by atoms with Crippen LogP contribution >= 0.6 is 11.8 Å². The molecule has 0 saturated carbocycles. The minimum absolute atomic E-state index is 0.125. The molecule has 1 amide bonds. The SMILES string of the molecule is CCN(CC)CCn1ccc2cc(NC(=O)c3cc(S(=O)(=O)N4CCSCC4)c[nH]3)ccc21. The normalized spacial score (nSPS) is 15.4. The molecule has 0 spiro atoms. The lowest BCUT2D eigenvalue weighted by Crippen LogP contribution is -2.37. The number of thioether (sulfide) groups is 1. The van der Waals surface area contributed by atoms with E-state index < -0.39 is 10.0 Å². The van der Waals surface area contributed by atoms with E-state index in [0.717, 1.165) is 48.6 Å². The number of carbonyl (C=O) groups excluding carboxylic acids is 1. The summed E-state index contributed by atoms with van der Waals surface area (Å²) in [6, 6.07) is 9.28. The van der Waals surface area contributed by atoms with E-state index in [1.54, 1.807) is 11.8 Å². The van der Waals surface area contributed by atoms with E-state index in [1.807, 2.05) is 24.3 Å². The zero-order valence-electron chi connectivity index (χ0n) is 19.1. The molecule has 1 aliphatic heterocycles.